The molecule has 234 valence electrons. The number of aliphatic hydroxyl groups is 2. The van der Waals surface area contributed by atoms with Crippen LogP contribution < -0.4 is 9.47 Å². The van der Waals surface area contributed by atoms with E-state index in [1.807, 2.05) is 76.2 Å². The summed E-state index contributed by atoms with van der Waals surface area (Å²) >= 11 is 0. The SMILES string of the molecule is COc1ccc(N=C2CC(C)(C)CC(=O)C2=C(O)CCCCC(O)=C2C(=O)CC(C)(C)CC2=Nc2ccc(OC)cc2)cc1. The Kier molecular flexibility index (Phi) is 10.1. The van der Waals surface area contributed by atoms with E-state index in [-0.39, 0.29) is 46.8 Å². The number of allylic oxidation sites excluding steroid dienone is 4. The summed E-state index contributed by atoms with van der Waals surface area (Å²) in [4.78, 5) is 35.9. The number of rotatable bonds is 9. The highest BCUT2D eigenvalue weighted by atomic mass is 16.5. The Bertz CT molecular complexity index is 1390. The van der Waals surface area contributed by atoms with Crippen molar-refractivity contribution >= 4 is 34.4 Å². The Labute approximate surface area is 260 Å². The van der Waals surface area contributed by atoms with Gasteiger partial charge in [0.05, 0.1) is 48.2 Å². The van der Waals surface area contributed by atoms with Gasteiger partial charge in [-0.05, 0) is 85.0 Å². The maximum atomic E-state index is 13.2. The molecular weight excluding hydrogens is 556 g/mol. The van der Waals surface area contributed by atoms with Gasteiger partial charge in [-0.25, -0.2) is 0 Å². The predicted molar refractivity (Wildman–Crippen MR) is 174 cm³/mol. The summed E-state index contributed by atoms with van der Waals surface area (Å²) in [7, 11) is 3.20. The van der Waals surface area contributed by atoms with Crippen LogP contribution in [0, 0.1) is 10.8 Å². The fourth-order valence-corrected chi connectivity index (χ4v) is 5.88. The lowest BCUT2D eigenvalue weighted by atomic mass is 9.73. The minimum atomic E-state index is -0.268. The first-order chi connectivity index (χ1) is 20.8. The van der Waals surface area contributed by atoms with Gasteiger partial charge in [0.2, 0.25) is 0 Å². The van der Waals surface area contributed by atoms with Gasteiger partial charge in [0.1, 0.15) is 23.0 Å². The number of carbonyl (C=O) groups excluding carboxylic acids is 2. The average Bonchev–Trinajstić information content (AvgIpc) is 2.94. The summed E-state index contributed by atoms with van der Waals surface area (Å²) in [5.41, 5.74) is 2.57. The Morgan fingerprint density at radius 2 is 0.977 bits per heavy atom. The number of aliphatic hydroxyl groups excluding tert-OH is 2. The molecule has 0 aromatic heterocycles. The number of benzene rings is 2. The molecule has 0 atom stereocenters. The van der Waals surface area contributed by atoms with E-state index in [1.54, 1.807) is 14.2 Å². The van der Waals surface area contributed by atoms with E-state index in [9.17, 15) is 19.8 Å². The van der Waals surface area contributed by atoms with Crippen molar-refractivity contribution in [2.24, 2.45) is 20.8 Å². The highest BCUT2D eigenvalue weighted by Gasteiger charge is 2.37. The number of nitrogens with zero attached hydrogens (tertiary/aromatic N) is 2. The summed E-state index contributed by atoms with van der Waals surface area (Å²) in [6.45, 7) is 8.10. The van der Waals surface area contributed by atoms with Gasteiger partial charge >= 0.3 is 0 Å². The van der Waals surface area contributed by atoms with E-state index < -0.39 is 0 Å². The van der Waals surface area contributed by atoms with Crippen LogP contribution >= 0.6 is 0 Å². The van der Waals surface area contributed by atoms with Crippen LogP contribution in [0.4, 0.5) is 11.4 Å². The van der Waals surface area contributed by atoms with E-state index in [2.05, 4.69) is 0 Å². The Morgan fingerprint density at radius 3 is 1.30 bits per heavy atom. The van der Waals surface area contributed by atoms with Gasteiger partial charge in [0.15, 0.2) is 11.6 Å². The van der Waals surface area contributed by atoms with Crippen LogP contribution in [0.5, 0.6) is 11.5 Å². The van der Waals surface area contributed by atoms with Crippen molar-refractivity contribution in [1.82, 2.24) is 0 Å². The molecule has 8 nitrogen and oxygen atoms in total. The van der Waals surface area contributed by atoms with Gasteiger partial charge in [-0.2, -0.15) is 0 Å². The van der Waals surface area contributed by atoms with Crippen LogP contribution in [0.2, 0.25) is 0 Å². The molecule has 2 aliphatic rings. The molecule has 0 unspecified atom stereocenters. The van der Waals surface area contributed by atoms with E-state index in [4.69, 9.17) is 19.5 Å². The van der Waals surface area contributed by atoms with Crippen LogP contribution in [-0.2, 0) is 9.59 Å². The summed E-state index contributed by atoms with van der Waals surface area (Å²) in [6.07, 6.45) is 3.34. The molecule has 2 aromatic rings. The van der Waals surface area contributed by atoms with Gasteiger partial charge in [0.25, 0.3) is 0 Å². The van der Waals surface area contributed by atoms with Gasteiger partial charge in [0, 0.05) is 25.7 Å². The van der Waals surface area contributed by atoms with Crippen molar-refractivity contribution in [3.05, 3.63) is 71.2 Å². The summed E-state index contributed by atoms with van der Waals surface area (Å²) in [6, 6.07) is 14.5. The lowest BCUT2D eigenvalue weighted by Crippen LogP contribution is -2.32. The van der Waals surface area contributed by atoms with Gasteiger partial charge in [-0.1, -0.05) is 27.7 Å². The second-order valence-electron chi connectivity index (χ2n) is 13.2. The first-order valence-corrected chi connectivity index (χ1v) is 15.2. The van der Waals surface area contributed by atoms with Crippen molar-refractivity contribution in [1.29, 1.82) is 0 Å². The average molecular weight is 601 g/mol. The third-order valence-electron chi connectivity index (χ3n) is 8.03. The van der Waals surface area contributed by atoms with Crippen LogP contribution in [0.3, 0.4) is 0 Å². The molecule has 2 fully saturated rings. The Balaban J connectivity index is 1.51. The zero-order valence-electron chi connectivity index (χ0n) is 26.7. The Morgan fingerprint density at radius 1 is 0.636 bits per heavy atom. The number of ether oxygens (including phenoxy) is 2. The van der Waals surface area contributed by atoms with Crippen molar-refractivity contribution in [3.63, 3.8) is 0 Å². The van der Waals surface area contributed by atoms with Crippen molar-refractivity contribution in [3.8, 4) is 11.5 Å². The standard InChI is InChI=1S/C36H44N2O6/c1-35(2)19-27(37-23-11-15-25(43-5)16-12-23)33(31(41)21-35)29(39)9-7-8-10-30(40)34-28(20-36(3,4)22-32(34)42)38-24-13-17-26(44-6)18-14-24/h11-18,39-40H,7-10,19-22H2,1-6H3. The van der Waals surface area contributed by atoms with Crippen molar-refractivity contribution in [2.75, 3.05) is 14.2 Å². The fourth-order valence-electron chi connectivity index (χ4n) is 5.88. The maximum Gasteiger partial charge on any atom is 0.168 e. The molecule has 2 saturated carbocycles. The quantitative estimate of drug-likeness (QED) is 0.169. The number of unbranched alkanes of at least 4 members (excludes halogenated alkanes) is 1. The number of carbonyl (C=O) groups is 2. The number of hydrogen-bond donors (Lipinski definition) is 2. The minimum Gasteiger partial charge on any atom is -0.511 e. The molecule has 0 radical (unpaired) electrons. The third-order valence-corrected chi connectivity index (χ3v) is 8.03. The van der Waals surface area contributed by atoms with Crippen LogP contribution in [0.25, 0.3) is 0 Å². The fraction of sp³-hybridized carbons (Fsp3) is 0.444. The topological polar surface area (TPSA) is 118 Å². The highest BCUT2D eigenvalue weighted by molar-refractivity contribution is 6.26. The maximum absolute atomic E-state index is 13.2. The van der Waals surface area contributed by atoms with Gasteiger partial charge < -0.3 is 19.7 Å². The molecule has 44 heavy (non-hydrogen) atoms. The molecule has 2 aromatic carbocycles. The summed E-state index contributed by atoms with van der Waals surface area (Å²) < 4.78 is 10.5. The first kappa shape index (κ1) is 32.7. The normalized spacial score (nSPS) is 22.2. The monoisotopic (exact) mass is 600 g/mol. The molecule has 4 rings (SSSR count). The number of ketones is 2. The molecule has 0 aliphatic heterocycles. The third kappa shape index (κ3) is 8.24. The number of hydrogen-bond acceptors (Lipinski definition) is 8. The van der Waals surface area contributed by atoms with Crippen molar-refractivity contribution < 1.29 is 29.3 Å². The zero-order chi connectivity index (χ0) is 32.1. The van der Waals surface area contributed by atoms with Crippen LogP contribution in [0.15, 0.2) is 81.2 Å². The van der Waals surface area contributed by atoms with Crippen LogP contribution in [0.1, 0.15) is 79.1 Å². The number of Topliss-reactive ketones (excluding diaryl/α,β-unsaturated/α-hetero) is 2. The molecule has 0 heterocycles. The van der Waals surface area contributed by atoms with Crippen LogP contribution in [-0.4, -0.2) is 47.4 Å². The molecule has 2 aliphatic carbocycles. The van der Waals surface area contributed by atoms with E-state index in [0.717, 1.165) is 0 Å². The molecule has 0 amide bonds. The lowest BCUT2D eigenvalue weighted by Gasteiger charge is -2.31. The first-order valence-electron chi connectivity index (χ1n) is 15.2. The Hall–Kier alpha value is -4.20. The molecule has 2 N–H and O–H groups in total. The molecule has 0 saturated heterocycles. The van der Waals surface area contributed by atoms with Gasteiger partial charge in [-0.3, -0.25) is 19.6 Å². The summed E-state index contributed by atoms with van der Waals surface area (Å²) in [5, 5.41) is 22.2. The van der Waals surface area contributed by atoms with Crippen molar-refractivity contribution in [2.45, 2.75) is 79.1 Å². The minimum absolute atomic E-state index is 0.0159. The van der Waals surface area contributed by atoms with E-state index in [0.29, 0.717) is 84.0 Å². The molecule has 8 heteroatoms. The smallest absolute Gasteiger partial charge is 0.168 e. The molecule has 0 spiro atoms. The second-order valence-corrected chi connectivity index (χ2v) is 13.2. The largest absolute Gasteiger partial charge is 0.511 e. The van der Waals surface area contributed by atoms with E-state index in [1.165, 1.54) is 0 Å². The molecule has 0 bridgehead atoms. The molecular formula is C36H44N2O6. The zero-order valence-corrected chi connectivity index (χ0v) is 26.7. The predicted octanol–water partition coefficient (Wildman–Crippen LogP) is 8.51. The lowest BCUT2D eigenvalue weighted by molar-refractivity contribution is -0.118. The number of aliphatic imine (C=N–C) groups is 2. The summed E-state index contributed by atoms with van der Waals surface area (Å²) in [5.74, 6) is 1.22. The second kappa shape index (κ2) is 13.6. The van der Waals surface area contributed by atoms with E-state index >= 15 is 0 Å². The number of methoxy groups -OCH3 is 2. The van der Waals surface area contributed by atoms with Gasteiger partial charge in [-0.15, -0.1) is 0 Å². The highest BCUT2D eigenvalue weighted by Crippen LogP contribution is 2.39.